The van der Waals surface area contributed by atoms with Gasteiger partial charge in [-0.3, -0.25) is 4.99 Å². The third-order valence-corrected chi connectivity index (χ3v) is 4.92. The number of guanidine groups is 1. The molecule has 0 aromatic rings. The Labute approximate surface area is 146 Å². The van der Waals surface area contributed by atoms with E-state index >= 15 is 0 Å². The minimum atomic E-state index is -0.200. The molecular weight excluding hydrogens is 377 g/mol. The number of rotatable bonds is 4. The summed E-state index contributed by atoms with van der Waals surface area (Å²) in [4.78, 5) is 4.76. The fraction of sp³-hybridized carbons (Fsp3) is 0.938. The van der Waals surface area contributed by atoms with Gasteiger partial charge in [0.05, 0.1) is 12.6 Å². The average Bonchev–Trinajstić information content (AvgIpc) is 2.93. The van der Waals surface area contributed by atoms with Crippen LogP contribution in [0.25, 0.3) is 0 Å². The number of hydrogen-bond acceptors (Lipinski definition) is 2. The molecule has 0 radical (unpaired) electrons. The summed E-state index contributed by atoms with van der Waals surface area (Å²) in [6.45, 7) is 5.89. The van der Waals surface area contributed by atoms with Gasteiger partial charge >= 0.3 is 0 Å². The third-order valence-electron chi connectivity index (χ3n) is 4.92. The maximum atomic E-state index is 10.2. The molecule has 124 valence electrons. The molecule has 2 rings (SSSR count). The van der Waals surface area contributed by atoms with Gasteiger partial charge in [-0.2, -0.15) is 0 Å². The first-order valence-corrected chi connectivity index (χ1v) is 8.37. The number of nitrogens with zero attached hydrogens (tertiary/aromatic N) is 1. The van der Waals surface area contributed by atoms with Crippen molar-refractivity contribution in [1.82, 2.24) is 10.6 Å². The van der Waals surface area contributed by atoms with E-state index in [4.69, 9.17) is 4.99 Å². The highest BCUT2D eigenvalue weighted by molar-refractivity contribution is 14.0. The number of nitrogens with one attached hydrogen (secondary N) is 2. The van der Waals surface area contributed by atoms with Crippen LogP contribution in [0.2, 0.25) is 0 Å². The van der Waals surface area contributed by atoms with E-state index in [1.165, 1.54) is 32.1 Å². The van der Waals surface area contributed by atoms with Gasteiger partial charge in [-0.15, -0.1) is 24.0 Å². The van der Waals surface area contributed by atoms with Gasteiger partial charge in [0.1, 0.15) is 0 Å². The minimum Gasteiger partial charge on any atom is -0.392 e. The highest BCUT2D eigenvalue weighted by Crippen LogP contribution is 2.36. The summed E-state index contributed by atoms with van der Waals surface area (Å²) in [5.74, 6) is 0.929. The van der Waals surface area contributed by atoms with Crippen molar-refractivity contribution in [2.45, 2.75) is 77.4 Å². The average molecular weight is 409 g/mol. The molecular formula is C16H32IN3O. The normalized spacial score (nSPS) is 30.8. The van der Waals surface area contributed by atoms with Crippen LogP contribution in [0.3, 0.4) is 0 Å². The molecule has 0 saturated heterocycles. The molecule has 2 atom stereocenters. The standard InChI is InChI=1S/C16H31N3O.HI/c1-3-17-15(19-13-8-4-5-9-13)18-12-16(2)11-7-6-10-14(16)20;/h13-14,20H,3-12H2,1-2H3,(H2,17,18,19);1H. The highest BCUT2D eigenvalue weighted by Gasteiger charge is 2.35. The van der Waals surface area contributed by atoms with E-state index in [1.54, 1.807) is 0 Å². The van der Waals surface area contributed by atoms with Gasteiger partial charge in [-0.1, -0.05) is 32.6 Å². The smallest absolute Gasteiger partial charge is 0.191 e. The Balaban J connectivity index is 0.00000220. The lowest BCUT2D eigenvalue weighted by Crippen LogP contribution is -2.44. The van der Waals surface area contributed by atoms with Crippen LogP contribution in [0.5, 0.6) is 0 Å². The summed E-state index contributed by atoms with van der Waals surface area (Å²) < 4.78 is 0. The van der Waals surface area contributed by atoms with Crippen LogP contribution in [-0.4, -0.2) is 36.3 Å². The summed E-state index contributed by atoms with van der Waals surface area (Å²) in [5.41, 5.74) is -0.0454. The fourth-order valence-corrected chi connectivity index (χ4v) is 3.41. The van der Waals surface area contributed by atoms with Crippen LogP contribution < -0.4 is 10.6 Å². The van der Waals surface area contributed by atoms with Gasteiger partial charge in [0, 0.05) is 18.0 Å². The highest BCUT2D eigenvalue weighted by atomic mass is 127. The number of halogens is 1. The molecule has 2 aliphatic carbocycles. The molecule has 0 aromatic carbocycles. The summed E-state index contributed by atoms with van der Waals surface area (Å²) in [6.07, 6.45) is 9.35. The van der Waals surface area contributed by atoms with Gasteiger partial charge in [-0.05, 0) is 32.6 Å². The van der Waals surface area contributed by atoms with Crippen molar-refractivity contribution in [1.29, 1.82) is 0 Å². The Morgan fingerprint density at radius 1 is 1.19 bits per heavy atom. The number of aliphatic imine (C=N–C) groups is 1. The van der Waals surface area contributed by atoms with Crippen molar-refractivity contribution in [3.8, 4) is 0 Å². The number of hydrogen-bond donors (Lipinski definition) is 3. The molecule has 3 N–H and O–H groups in total. The zero-order chi connectivity index (χ0) is 14.4. The molecule has 0 bridgehead atoms. The van der Waals surface area contributed by atoms with E-state index in [0.717, 1.165) is 38.3 Å². The predicted octanol–water partition coefficient (Wildman–Crippen LogP) is 3.04. The molecule has 0 spiro atoms. The third kappa shape index (κ3) is 5.58. The lowest BCUT2D eigenvalue weighted by Gasteiger charge is -2.37. The molecule has 0 amide bonds. The van der Waals surface area contributed by atoms with E-state index < -0.39 is 0 Å². The van der Waals surface area contributed by atoms with Gasteiger partial charge in [-0.25, -0.2) is 0 Å². The van der Waals surface area contributed by atoms with Gasteiger partial charge in [0.15, 0.2) is 5.96 Å². The van der Waals surface area contributed by atoms with E-state index in [2.05, 4.69) is 24.5 Å². The molecule has 0 aromatic heterocycles. The lowest BCUT2D eigenvalue weighted by atomic mass is 9.73. The maximum absolute atomic E-state index is 10.2. The molecule has 2 saturated carbocycles. The summed E-state index contributed by atoms with van der Waals surface area (Å²) in [5, 5.41) is 17.1. The van der Waals surface area contributed by atoms with E-state index in [0.29, 0.717) is 6.04 Å². The van der Waals surface area contributed by atoms with Crippen LogP contribution >= 0.6 is 24.0 Å². The van der Waals surface area contributed by atoms with E-state index in [1.807, 2.05) is 0 Å². The Morgan fingerprint density at radius 2 is 1.86 bits per heavy atom. The van der Waals surface area contributed by atoms with Crippen molar-refractivity contribution < 1.29 is 5.11 Å². The van der Waals surface area contributed by atoms with E-state index in [9.17, 15) is 5.11 Å². The Morgan fingerprint density at radius 3 is 2.48 bits per heavy atom. The quantitative estimate of drug-likeness (QED) is 0.380. The second-order valence-electron chi connectivity index (χ2n) is 6.74. The second-order valence-corrected chi connectivity index (χ2v) is 6.74. The number of aliphatic hydroxyl groups is 1. The Bertz CT molecular complexity index is 331. The summed E-state index contributed by atoms with van der Waals surface area (Å²) in [6, 6.07) is 0.580. The molecule has 2 aliphatic rings. The van der Waals surface area contributed by atoms with E-state index in [-0.39, 0.29) is 35.5 Å². The maximum Gasteiger partial charge on any atom is 0.191 e. The molecule has 0 aliphatic heterocycles. The fourth-order valence-electron chi connectivity index (χ4n) is 3.41. The van der Waals surface area contributed by atoms with Crippen LogP contribution in [-0.2, 0) is 0 Å². The topological polar surface area (TPSA) is 56.7 Å². The van der Waals surface area contributed by atoms with Crippen LogP contribution in [0.1, 0.15) is 65.2 Å². The largest absolute Gasteiger partial charge is 0.392 e. The molecule has 0 heterocycles. The summed E-state index contributed by atoms with van der Waals surface area (Å²) >= 11 is 0. The molecule has 5 heteroatoms. The second kappa shape index (κ2) is 9.18. The zero-order valence-corrected chi connectivity index (χ0v) is 15.9. The Kier molecular flexibility index (Phi) is 8.31. The van der Waals surface area contributed by atoms with Gasteiger partial charge in [0.2, 0.25) is 0 Å². The first-order valence-electron chi connectivity index (χ1n) is 8.37. The first kappa shape index (κ1) is 19.0. The monoisotopic (exact) mass is 409 g/mol. The van der Waals surface area contributed by atoms with Gasteiger partial charge in [0.25, 0.3) is 0 Å². The lowest BCUT2D eigenvalue weighted by molar-refractivity contribution is 0.00715. The van der Waals surface area contributed by atoms with Crippen molar-refractivity contribution in [3.63, 3.8) is 0 Å². The zero-order valence-electron chi connectivity index (χ0n) is 13.5. The molecule has 21 heavy (non-hydrogen) atoms. The molecule has 2 unspecified atom stereocenters. The minimum absolute atomic E-state index is 0. The molecule has 4 nitrogen and oxygen atoms in total. The summed E-state index contributed by atoms with van der Waals surface area (Å²) in [7, 11) is 0. The Hall–Kier alpha value is -0.0400. The molecule has 2 fully saturated rings. The van der Waals surface area contributed by atoms with Crippen LogP contribution in [0, 0.1) is 5.41 Å². The van der Waals surface area contributed by atoms with Crippen LogP contribution in [0.15, 0.2) is 4.99 Å². The first-order chi connectivity index (χ1) is 9.64. The van der Waals surface area contributed by atoms with Crippen LogP contribution in [0.4, 0.5) is 0 Å². The number of aliphatic hydroxyl groups excluding tert-OH is 1. The van der Waals surface area contributed by atoms with Crippen molar-refractivity contribution in [2.75, 3.05) is 13.1 Å². The SMILES string of the molecule is CCNC(=NCC1(C)CCCCC1O)NC1CCCC1.I. The van der Waals surface area contributed by atoms with Crippen molar-refractivity contribution in [2.24, 2.45) is 10.4 Å². The van der Waals surface area contributed by atoms with Crippen molar-refractivity contribution >= 4 is 29.9 Å². The van der Waals surface area contributed by atoms with Crippen molar-refractivity contribution in [3.05, 3.63) is 0 Å². The predicted molar refractivity (Wildman–Crippen MR) is 99.4 cm³/mol. The van der Waals surface area contributed by atoms with Gasteiger partial charge < -0.3 is 15.7 Å².